The Hall–Kier alpha value is -2.66. The van der Waals surface area contributed by atoms with Crippen LogP contribution < -0.4 is 5.32 Å². The minimum absolute atomic E-state index is 0.0248. The topological polar surface area (TPSA) is 50.2 Å². The first-order valence-corrected chi connectivity index (χ1v) is 9.61. The van der Waals surface area contributed by atoms with E-state index in [1.807, 2.05) is 55.6 Å². The molecule has 5 nitrogen and oxygen atoms in total. The first-order chi connectivity index (χ1) is 13.1. The Bertz CT molecular complexity index is 959. The van der Waals surface area contributed by atoms with Crippen LogP contribution in [0, 0.1) is 0 Å². The summed E-state index contributed by atoms with van der Waals surface area (Å²) in [7, 11) is 4.05. The molecule has 27 heavy (non-hydrogen) atoms. The summed E-state index contributed by atoms with van der Waals surface area (Å²) in [6.45, 7) is 2.85. The van der Waals surface area contributed by atoms with Crippen LogP contribution in [0.15, 0.2) is 48.5 Å². The predicted molar refractivity (Wildman–Crippen MR) is 109 cm³/mol. The van der Waals surface area contributed by atoms with Crippen molar-refractivity contribution in [3.63, 3.8) is 0 Å². The zero-order valence-corrected chi connectivity index (χ0v) is 16.1. The van der Waals surface area contributed by atoms with Crippen molar-refractivity contribution in [3.8, 4) is 0 Å². The minimum Gasteiger partial charge on any atom is -0.331 e. The Labute approximate surface area is 160 Å². The zero-order valence-electron chi connectivity index (χ0n) is 16.1. The van der Waals surface area contributed by atoms with Crippen molar-refractivity contribution in [3.05, 3.63) is 59.9 Å². The molecule has 0 bridgehead atoms. The van der Waals surface area contributed by atoms with Crippen molar-refractivity contribution in [2.45, 2.75) is 31.7 Å². The van der Waals surface area contributed by atoms with Gasteiger partial charge in [-0.3, -0.25) is 9.69 Å². The molecule has 5 heteroatoms. The number of nitrogens with one attached hydrogen (secondary N) is 1. The van der Waals surface area contributed by atoms with Crippen LogP contribution in [-0.4, -0.2) is 34.0 Å². The molecule has 0 aliphatic heterocycles. The fraction of sp³-hybridized carbons (Fsp3) is 0.364. The first kappa shape index (κ1) is 17.7. The van der Waals surface area contributed by atoms with E-state index in [9.17, 15) is 4.79 Å². The number of aryl methyl sites for hydroxylation is 1. The number of imidazole rings is 1. The lowest BCUT2D eigenvalue weighted by molar-refractivity contribution is -0.121. The number of nitrogens with zero attached hydrogens (tertiary/aromatic N) is 3. The van der Waals surface area contributed by atoms with Crippen molar-refractivity contribution >= 4 is 22.6 Å². The molecule has 1 saturated carbocycles. The Morgan fingerprint density at radius 2 is 2.00 bits per heavy atom. The third kappa shape index (κ3) is 3.47. The normalized spacial score (nSPS) is 15.3. The molecule has 0 radical (unpaired) electrons. The van der Waals surface area contributed by atoms with Gasteiger partial charge in [0.25, 0.3) is 0 Å². The average molecular weight is 362 g/mol. The molecule has 1 heterocycles. The molecule has 0 unspecified atom stereocenters. The van der Waals surface area contributed by atoms with Crippen LogP contribution >= 0.6 is 0 Å². The summed E-state index contributed by atoms with van der Waals surface area (Å²) in [5.41, 5.74) is 3.84. The van der Waals surface area contributed by atoms with E-state index >= 15 is 0 Å². The molecular formula is C22H26N4O. The maximum absolute atomic E-state index is 13.1. The number of rotatable bonds is 6. The Balaban J connectivity index is 1.60. The Kier molecular flexibility index (Phi) is 4.70. The van der Waals surface area contributed by atoms with Crippen molar-refractivity contribution in [2.24, 2.45) is 7.05 Å². The maximum Gasteiger partial charge on any atom is 0.246 e. The second-order valence-corrected chi connectivity index (χ2v) is 7.38. The fourth-order valence-corrected chi connectivity index (χ4v) is 3.64. The highest BCUT2D eigenvalue weighted by molar-refractivity contribution is 5.97. The predicted octanol–water partition coefficient (Wildman–Crippen LogP) is 4.08. The second kappa shape index (κ2) is 7.16. The Morgan fingerprint density at radius 3 is 2.67 bits per heavy atom. The number of carbonyl (C=O) groups excluding carboxylic acids is 1. The third-order valence-corrected chi connectivity index (χ3v) is 5.43. The van der Waals surface area contributed by atoms with Gasteiger partial charge in [-0.15, -0.1) is 0 Å². The third-order valence-electron chi connectivity index (χ3n) is 5.43. The molecule has 1 aliphatic rings. The van der Waals surface area contributed by atoms with Gasteiger partial charge in [0, 0.05) is 18.7 Å². The molecule has 3 aromatic rings. The average Bonchev–Trinajstić information content (AvgIpc) is 3.47. The number of aromatic nitrogens is 2. The lowest BCUT2D eigenvalue weighted by Gasteiger charge is -2.26. The Morgan fingerprint density at radius 1 is 1.26 bits per heavy atom. The van der Waals surface area contributed by atoms with Crippen molar-refractivity contribution < 1.29 is 4.79 Å². The van der Waals surface area contributed by atoms with Gasteiger partial charge < -0.3 is 9.88 Å². The van der Waals surface area contributed by atoms with E-state index in [0.717, 1.165) is 34.7 Å². The summed E-state index contributed by atoms with van der Waals surface area (Å²) in [5, 5.41) is 3.09. The van der Waals surface area contributed by atoms with Crippen LogP contribution in [-0.2, 0) is 11.8 Å². The van der Waals surface area contributed by atoms with Gasteiger partial charge in [0.05, 0.1) is 11.0 Å². The number of hydrogen-bond acceptors (Lipinski definition) is 3. The van der Waals surface area contributed by atoms with Crippen LogP contribution in [0.2, 0.25) is 0 Å². The van der Waals surface area contributed by atoms with Gasteiger partial charge in [-0.25, -0.2) is 4.98 Å². The van der Waals surface area contributed by atoms with E-state index in [-0.39, 0.29) is 11.9 Å². The van der Waals surface area contributed by atoms with Crippen LogP contribution in [0.1, 0.15) is 43.1 Å². The molecule has 140 valence electrons. The molecule has 2 aromatic carbocycles. The monoisotopic (exact) mass is 362 g/mol. The zero-order chi connectivity index (χ0) is 19.0. The van der Waals surface area contributed by atoms with Gasteiger partial charge in [-0.1, -0.05) is 37.3 Å². The summed E-state index contributed by atoms with van der Waals surface area (Å²) < 4.78 is 2.18. The second-order valence-electron chi connectivity index (χ2n) is 7.38. The van der Waals surface area contributed by atoms with Gasteiger partial charge in [0.2, 0.25) is 5.91 Å². The quantitative estimate of drug-likeness (QED) is 0.719. The standard InChI is InChI=1S/C22H26N4O/c1-4-25(2)20(15-8-6-5-7-9-15)22(27)23-17-12-13-19-18(14-17)24-21(26(19)3)16-10-11-16/h5-9,12-14,16,20H,4,10-11H2,1-3H3,(H,23,27)/t20-/m0/s1. The highest BCUT2D eigenvalue weighted by Gasteiger charge is 2.29. The van der Waals surface area contributed by atoms with E-state index < -0.39 is 0 Å². The molecular weight excluding hydrogens is 336 g/mol. The van der Waals surface area contributed by atoms with E-state index in [1.54, 1.807) is 0 Å². The number of amides is 1. The smallest absolute Gasteiger partial charge is 0.246 e. The molecule has 1 fully saturated rings. The number of likely N-dealkylation sites (N-methyl/N-ethyl adjacent to an activating group) is 1. The molecule has 1 amide bonds. The molecule has 1 N–H and O–H groups in total. The number of hydrogen-bond donors (Lipinski definition) is 1. The molecule has 1 aromatic heterocycles. The minimum atomic E-state index is -0.322. The van der Waals surface area contributed by atoms with Crippen LogP contribution in [0.5, 0.6) is 0 Å². The van der Waals surface area contributed by atoms with E-state index in [4.69, 9.17) is 4.98 Å². The highest BCUT2D eigenvalue weighted by Crippen LogP contribution is 2.40. The van der Waals surface area contributed by atoms with Gasteiger partial charge in [0.15, 0.2) is 0 Å². The van der Waals surface area contributed by atoms with Crippen LogP contribution in [0.3, 0.4) is 0 Å². The van der Waals surface area contributed by atoms with Crippen molar-refractivity contribution in [2.75, 3.05) is 18.9 Å². The largest absolute Gasteiger partial charge is 0.331 e. The molecule has 1 aliphatic carbocycles. The number of fused-ring (bicyclic) bond motifs is 1. The van der Waals surface area contributed by atoms with Gasteiger partial charge >= 0.3 is 0 Å². The van der Waals surface area contributed by atoms with Crippen LogP contribution in [0.4, 0.5) is 5.69 Å². The van der Waals surface area contributed by atoms with Gasteiger partial charge in [-0.05, 0) is 50.2 Å². The van der Waals surface area contributed by atoms with Crippen molar-refractivity contribution in [1.82, 2.24) is 14.5 Å². The maximum atomic E-state index is 13.1. The summed E-state index contributed by atoms with van der Waals surface area (Å²) >= 11 is 0. The number of carbonyl (C=O) groups is 1. The van der Waals surface area contributed by atoms with Gasteiger partial charge in [0.1, 0.15) is 11.9 Å². The summed E-state index contributed by atoms with van der Waals surface area (Å²) in [6.07, 6.45) is 2.45. The SMILES string of the molecule is CCN(C)[C@H](C(=O)Nc1ccc2c(c1)nc(C1CC1)n2C)c1ccccc1. The number of anilines is 1. The van der Waals surface area contributed by atoms with E-state index in [2.05, 4.69) is 28.8 Å². The molecule has 4 rings (SSSR count). The molecule has 1 atom stereocenters. The highest BCUT2D eigenvalue weighted by atomic mass is 16.2. The molecule has 0 spiro atoms. The lowest BCUT2D eigenvalue weighted by Crippen LogP contribution is -2.34. The number of benzene rings is 2. The summed E-state index contributed by atoms with van der Waals surface area (Å²) in [5.74, 6) is 1.73. The van der Waals surface area contributed by atoms with E-state index in [0.29, 0.717) is 5.92 Å². The first-order valence-electron chi connectivity index (χ1n) is 9.61. The van der Waals surface area contributed by atoms with Crippen LogP contribution in [0.25, 0.3) is 11.0 Å². The fourth-order valence-electron chi connectivity index (χ4n) is 3.64. The van der Waals surface area contributed by atoms with Gasteiger partial charge in [-0.2, -0.15) is 0 Å². The van der Waals surface area contributed by atoms with E-state index in [1.165, 1.54) is 12.8 Å². The lowest BCUT2D eigenvalue weighted by atomic mass is 10.0. The summed E-state index contributed by atoms with van der Waals surface area (Å²) in [4.78, 5) is 19.9. The summed E-state index contributed by atoms with van der Waals surface area (Å²) in [6, 6.07) is 15.6. The van der Waals surface area contributed by atoms with Crippen molar-refractivity contribution in [1.29, 1.82) is 0 Å². The molecule has 0 saturated heterocycles.